The Labute approximate surface area is 151 Å². The Bertz CT molecular complexity index is 806. The van der Waals surface area contributed by atoms with Crippen molar-refractivity contribution in [1.82, 2.24) is 13.7 Å². The minimum Gasteiger partial charge on any atom is -0.315 e. The molecule has 0 aliphatic carbocycles. The summed E-state index contributed by atoms with van der Waals surface area (Å²) in [5, 5.41) is 0. The Balaban J connectivity index is 2.02. The summed E-state index contributed by atoms with van der Waals surface area (Å²) in [6.07, 6.45) is 10.7. The predicted octanol–water partition coefficient (Wildman–Crippen LogP) is -0.179. The van der Waals surface area contributed by atoms with Gasteiger partial charge in [-0.2, -0.15) is 32.0 Å². The normalized spacial score (nSPS) is 11.6. The van der Waals surface area contributed by atoms with E-state index < -0.39 is 7.82 Å². The van der Waals surface area contributed by atoms with Crippen LogP contribution in [-0.2, 0) is 46.9 Å². The van der Waals surface area contributed by atoms with E-state index in [2.05, 4.69) is 0 Å². The summed E-state index contributed by atoms with van der Waals surface area (Å²) < 4.78 is 41.0. The zero-order valence-corrected chi connectivity index (χ0v) is 16.6. The second-order valence-electron chi connectivity index (χ2n) is 6.13. The van der Waals surface area contributed by atoms with Crippen LogP contribution >= 0.6 is 7.82 Å². The number of rotatable bonds is 6. The minimum atomic E-state index is -4.07. The van der Waals surface area contributed by atoms with Crippen LogP contribution in [0.25, 0.3) is 0 Å². The highest BCUT2D eigenvalue weighted by atomic mass is 31.2. The molecule has 0 bridgehead atoms. The van der Waals surface area contributed by atoms with Gasteiger partial charge in [-0.25, -0.2) is 0 Å². The smallest absolute Gasteiger partial charge is 0.315 e. The number of phosphoric acid groups is 1. The lowest BCUT2D eigenvalue weighted by molar-refractivity contribution is -0.678. The minimum absolute atomic E-state index is 0.335. The first-order valence-electron chi connectivity index (χ1n) is 7.92. The highest BCUT2D eigenvalue weighted by Crippen LogP contribution is 2.47. The Morgan fingerprint density at radius 1 is 0.692 bits per heavy atom. The lowest BCUT2D eigenvalue weighted by Crippen LogP contribution is -2.34. The first-order valence-corrected chi connectivity index (χ1v) is 9.38. The molecule has 0 radical (unpaired) electrons. The van der Waals surface area contributed by atoms with E-state index in [0.717, 1.165) is 0 Å². The van der Waals surface area contributed by atoms with E-state index in [-0.39, 0.29) is 0 Å². The average Bonchev–Trinajstić information content (AvgIpc) is 3.18. The predicted molar refractivity (Wildman–Crippen MR) is 89.3 cm³/mol. The summed E-state index contributed by atoms with van der Waals surface area (Å²) in [6.45, 7) is 0. The van der Waals surface area contributed by atoms with Crippen molar-refractivity contribution in [2.24, 2.45) is 42.3 Å². The SMILES string of the molecule is Cn1cc[n+](C)c1OP(=O)(Oc1n(C)cc[n+]1C)Oc1n(C)cc[n+]1C. The van der Waals surface area contributed by atoms with Crippen LogP contribution in [0.4, 0.5) is 0 Å². The van der Waals surface area contributed by atoms with Crippen molar-refractivity contribution in [3.8, 4) is 18.0 Å². The maximum absolute atomic E-state index is 13.6. The highest BCUT2D eigenvalue weighted by molar-refractivity contribution is 7.49. The topological polar surface area (TPSA) is 71.2 Å². The number of hydrogen-bond donors (Lipinski definition) is 0. The van der Waals surface area contributed by atoms with Crippen molar-refractivity contribution in [2.45, 2.75) is 0 Å². The van der Waals surface area contributed by atoms with Crippen LogP contribution in [0.2, 0.25) is 0 Å². The van der Waals surface area contributed by atoms with Crippen LogP contribution in [0.1, 0.15) is 0 Å². The van der Waals surface area contributed by atoms with Gasteiger partial charge < -0.3 is 13.6 Å². The fraction of sp³-hybridized carbons (Fsp3) is 0.400. The van der Waals surface area contributed by atoms with E-state index in [1.807, 2.05) is 0 Å². The molecule has 0 atom stereocenters. The van der Waals surface area contributed by atoms with Crippen molar-refractivity contribution >= 4 is 7.82 Å². The lowest BCUT2D eigenvalue weighted by Gasteiger charge is -2.14. The third-order valence-corrected chi connectivity index (χ3v) is 5.09. The number of phosphoric ester groups is 1. The summed E-state index contributed by atoms with van der Waals surface area (Å²) in [5.41, 5.74) is 0. The molecule has 0 saturated heterocycles. The number of hydrogen-bond acceptors (Lipinski definition) is 4. The van der Waals surface area contributed by atoms with E-state index in [9.17, 15) is 4.57 Å². The molecule has 0 spiro atoms. The summed E-state index contributed by atoms with van der Waals surface area (Å²) in [7, 11) is 6.62. The molecule has 0 aliphatic rings. The van der Waals surface area contributed by atoms with E-state index in [1.54, 1.807) is 107 Å². The van der Waals surface area contributed by atoms with Gasteiger partial charge in [-0.1, -0.05) is 0 Å². The van der Waals surface area contributed by atoms with Crippen molar-refractivity contribution in [3.05, 3.63) is 37.2 Å². The van der Waals surface area contributed by atoms with Crippen molar-refractivity contribution < 1.29 is 31.8 Å². The molecule has 0 unspecified atom stereocenters. The van der Waals surface area contributed by atoms with Gasteiger partial charge in [0.2, 0.25) is 0 Å². The fourth-order valence-electron chi connectivity index (χ4n) is 2.47. The molecule has 3 rings (SSSR count). The van der Waals surface area contributed by atoms with E-state index in [0.29, 0.717) is 18.0 Å². The highest BCUT2D eigenvalue weighted by Gasteiger charge is 2.44. The van der Waals surface area contributed by atoms with Gasteiger partial charge in [-0.05, 0) is 0 Å². The molecule has 140 valence electrons. The summed E-state index contributed by atoms with van der Waals surface area (Å²) in [5.74, 6) is 0. The van der Waals surface area contributed by atoms with E-state index in [4.69, 9.17) is 13.6 Å². The third-order valence-electron chi connectivity index (χ3n) is 3.93. The van der Waals surface area contributed by atoms with Gasteiger partial charge in [0.25, 0.3) is 0 Å². The maximum Gasteiger partial charge on any atom is 0.662 e. The standard InChI is InChI=1S/C15H24N6O4P/c1-16-7-8-17(2)13(16)23-26(22,24-14-18(3)9-10-19(14)4)25-15-20(5)11-12-21(15)6/h7-12H,1-6H3/q+3. The van der Waals surface area contributed by atoms with Gasteiger partial charge in [0.1, 0.15) is 37.2 Å². The van der Waals surface area contributed by atoms with Crippen molar-refractivity contribution in [3.63, 3.8) is 0 Å². The van der Waals surface area contributed by atoms with Gasteiger partial charge in [0.05, 0.1) is 42.3 Å². The molecule has 26 heavy (non-hydrogen) atoms. The molecule has 0 aromatic carbocycles. The number of aryl methyl sites for hydroxylation is 6. The monoisotopic (exact) mass is 383 g/mol. The van der Waals surface area contributed by atoms with Gasteiger partial charge in [0, 0.05) is 0 Å². The molecule has 0 fully saturated rings. The summed E-state index contributed by atoms with van der Waals surface area (Å²) >= 11 is 0. The van der Waals surface area contributed by atoms with E-state index in [1.165, 1.54) is 0 Å². The molecule has 0 N–H and O–H groups in total. The van der Waals surface area contributed by atoms with Crippen LogP contribution in [0.5, 0.6) is 18.0 Å². The van der Waals surface area contributed by atoms with Gasteiger partial charge in [0.15, 0.2) is 0 Å². The second kappa shape index (κ2) is 6.53. The third kappa shape index (κ3) is 3.32. The van der Waals surface area contributed by atoms with Crippen LogP contribution in [0.15, 0.2) is 37.2 Å². The maximum atomic E-state index is 13.6. The molecule has 0 aliphatic heterocycles. The number of imidazole rings is 3. The van der Waals surface area contributed by atoms with Crippen LogP contribution in [0.3, 0.4) is 0 Å². The zero-order chi connectivity index (χ0) is 19.1. The fourth-order valence-corrected chi connectivity index (χ4v) is 3.96. The Morgan fingerprint density at radius 3 is 1.15 bits per heavy atom. The van der Waals surface area contributed by atoms with E-state index >= 15 is 0 Å². The molecule has 3 aromatic rings. The Morgan fingerprint density at radius 2 is 0.962 bits per heavy atom. The van der Waals surface area contributed by atoms with Gasteiger partial charge >= 0.3 is 25.9 Å². The number of nitrogens with zero attached hydrogens (tertiary/aromatic N) is 6. The van der Waals surface area contributed by atoms with Gasteiger partial charge in [-0.15, -0.1) is 0 Å². The molecule has 0 saturated carbocycles. The molecule has 11 heteroatoms. The lowest BCUT2D eigenvalue weighted by atomic mass is 10.9. The molecule has 3 heterocycles. The van der Waals surface area contributed by atoms with Crippen LogP contribution in [-0.4, -0.2) is 13.7 Å². The van der Waals surface area contributed by atoms with Crippen LogP contribution < -0.4 is 27.3 Å². The molecular formula is C15H24N6O4P+3. The summed E-state index contributed by atoms with van der Waals surface area (Å²) in [4.78, 5) is 0. The first-order chi connectivity index (χ1) is 12.2. The van der Waals surface area contributed by atoms with Crippen LogP contribution in [0, 0.1) is 0 Å². The van der Waals surface area contributed by atoms with Crippen molar-refractivity contribution in [2.75, 3.05) is 0 Å². The molecule has 0 amide bonds. The Hall–Kier alpha value is -2.74. The molecule has 3 aromatic heterocycles. The quantitative estimate of drug-likeness (QED) is 0.437. The number of aromatic nitrogens is 6. The molecular weight excluding hydrogens is 359 g/mol. The first kappa shape index (κ1) is 18.1. The average molecular weight is 383 g/mol. The summed E-state index contributed by atoms with van der Waals surface area (Å²) in [6, 6.07) is 1.01. The second-order valence-corrected chi connectivity index (χ2v) is 7.57. The Kier molecular flexibility index (Phi) is 4.53. The van der Waals surface area contributed by atoms with Gasteiger partial charge in [-0.3, -0.25) is 0 Å². The molecule has 10 nitrogen and oxygen atoms in total. The van der Waals surface area contributed by atoms with Crippen molar-refractivity contribution in [1.29, 1.82) is 0 Å². The zero-order valence-electron chi connectivity index (χ0n) is 15.7. The largest absolute Gasteiger partial charge is 0.662 e.